The molecular weight excluding hydrogens is 369 g/mol. The molecule has 0 saturated heterocycles. The molecule has 1 atom stereocenters. The van der Waals surface area contributed by atoms with E-state index in [1.807, 2.05) is 0 Å². The van der Waals surface area contributed by atoms with Crippen molar-refractivity contribution in [2.75, 3.05) is 6.26 Å². The number of nitriles is 1. The quantitative estimate of drug-likeness (QED) is 0.865. The largest absolute Gasteiger partial charge is 0.455 e. The van der Waals surface area contributed by atoms with Crippen LogP contribution in [0.1, 0.15) is 17.5 Å². The van der Waals surface area contributed by atoms with Crippen LogP contribution < -0.4 is 10.5 Å². The summed E-state index contributed by atoms with van der Waals surface area (Å²) in [4.78, 5) is 0.123. The first-order chi connectivity index (χ1) is 12.0. The summed E-state index contributed by atoms with van der Waals surface area (Å²) >= 11 is 0. The third kappa shape index (κ3) is 2.79. The van der Waals surface area contributed by atoms with E-state index >= 15 is 0 Å². The molecule has 2 aliphatic rings. The van der Waals surface area contributed by atoms with Crippen LogP contribution in [0.15, 0.2) is 40.8 Å². The number of nitrogens with two attached hydrogens (primary N) is 1. The molecule has 0 saturated carbocycles. The number of benzene rings is 1. The molecule has 9 heteroatoms. The topological polar surface area (TPSA) is 93.2 Å². The fourth-order valence-electron chi connectivity index (χ4n) is 3.17. The summed E-state index contributed by atoms with van der Waals surface area (Å²) in [5.74, 6) is -6.16. The van der Waals surface area contributed by atoms with Crippen molar-refractivity contribution in [1.82, 2.24) is 0 Å². The second-order valence-electron chi connectivity index (χ2n) is 6.34. The Morgan fingerprint density at radius 1 is 1.27 bits per heavy atom. The molecule has 2 N–H and O–H groups in total. The molecule has 3 rings (SSSR count). The summed E-state index contributed by atoms with van der Waals surface area (Å²) in [7, 11) is -3.48. The maximum atomic E-state index is 14.5. The molecule has 0 amide bonds. The molecule has 0 fully saturated rings. The Morgan fingerprint density at radius 3 is 2.54 bits per heavy atom. The van der Waals surface area contributed by atoms with Crippen molar-refractivity contribution < 1.29 is 26.3 Å². The lowest BCUT2D eigenvalue weighted by Gasteiger charge is -2.32. The van der Waals surface area contributed by atoms with Crippen molar-refractivity contribution in [3.63, 3.8) is 0 Å². The number of rotatable bonds is 3. The summed E-state index contributed by atoms with van der Waals surface area (Å²) in [5, 5.41) is 8.95. The van der Waals surface area contributed by atoms with E-state index in [2.05, 4.69) is 0 Å². The zero-order valence-electron chi connectivity index (χ0n) is 13.7. The molecule has 5 nitrogen and oxygen atoms in total. The van der Waals surface area contributed by atoms with Crippen LogP contribution in [-0.4, -0.2) is 26.1 Å². The molecule has 0 aliphatic heterocycles. The number of halogens is 3. The molecule has 2 aliphatic carbocycles. The molecule has 0 radical (unpaired) electrons. The lowest BCUT2D eigenvalue weighted by Crippen LogP contribution is -2.56. The van der Waals surface area contributed by atoms with Crippen LogP contribution in [0.4, 0.5) is 13.2 Å². The number of hydrogen-bond donors (Lipinski definition) is 1. The summed E-state index contributed by atoms with van der Waals surface area (Å²) in [6.07, 6.45) is 3.44. The van der Waals surface area contributed by atoms with E-state index in [4.69, 9.17) is 15.7 Å². The minimum Gasteiger partial charge on any atom is -0.455 e. The first-order valence-electron chi connectivity index (χ1n) is 7.71. The lowest BCUT2D eigenvalue weighted by molar-refractivity contribution is -0.0317. The first kappa shape index (κ1) is 18.5. The fraction of sp³-hybridized carbons (Fsp3) is 0.353. The van der Waals surface area contributed by atoms with Gasteiger partial charge >= 0.3 is 5.92 Å². The van der Waals surface area contributed by atoms with E-state index in [1.54, 1.807) is 0 Å². The highest BCUT2D eigenvalue weighted by atomic mass is 32.2. The molecule has 0 aromatic heterocycles. The van der Waals surface area contributed by atoms with Gasteiger partial charge in [0.1, 0.15) is 11.6 Å². The zero-order chi connectivity index (χ0) is 19.3. The van der Waals surface area contributed by atoms with Crippen molar-refractivity contribution in [2.24, 2.45) is 5.73 Å². The first-order valence-corrected chi connectivity index (χ1v) is 9.60. The Balaban J connectivity index is 2.07. The number of nitrogens with zero attached hydrogens (tertiary/aromatic N) is 1. The van der Waals surface area contributed by atoms with Crippen LogP contribution >= 0.6 is 0 Å². The number of hydrogen-bond acceptors (Lipinski definition) is 5. The molecular formula is C17H15F3N2O3S. The lowest BCUT2D eigenvalue weighted by atomic mass is 9.88. The van der Waals surface area contributed by atoms with Gasteiger partial charge in [-0.15, -0.1) is 0 Å². The van der Waals surface area contributed by atoms with E-state index in [9.17, 15) is 21.6 Å². The van der Waals surface area contributed by atoms with Crippen molar-refractivity contribution in [3.05, 3.63) is 47.0 Å². The SMILES string of the molecule is CS(=O)(=O)c1ccc(OC2=CC(F)=CC(N)(C#N)C2(F)F)c2c1CCC2. The average molecular weight is 384 g/mol. The molecule has 26 heavy (non-hydrogen) atoms. The van der Waals surface area contributed by atoms with Gasteiger partial charge in [0.25, 0.3) is 0 Å². The molecule has 1 unspecified atom stereocenters. The highest BCUT2D eigenvalue weighted by molar-refractivity contribution is 7.90. The minimum absolute atomic E-state index is 0.00538. The van der Waals surface area contributed by atoms with Gasteiger partial charge in [0.2, 0.25) is 0 Å². The maximum Gasteiger partial charge on any atom is 0.339 e. The van der Waals surface area contributed by atoms with Gasteiger partial charge in [0.15, 0.2) is 21.1 Å². The molecule has 0 bridgehead atoms. The van der Waals surface area contributed by atoms with Gasteiger partial charge in [-0.3, -0.25) is 0 Å². The van der Waals surface area contributed by atoms with Crippen LogP contribution in [0.3, 0.4) is 0 Å². The van der Waals surface area contributed by atoms with E-state index < -0.39 is 32.9 Å². The predicted octanol–water partition coefficient (Wildman–Crippen LogP) is 2.56. The van der Waals surface area contributed by atoms with Gasteiger partial charge in [-0.25, -0.2) is 12.8 Å². The van der Waals surface area contributed by atoms with E-state index in [0.717, 1.165) is 6.26 Å². The fourth-order valence-corrected chi connectivity index (χ4v) is 4.16. The summed E-state index contributed by atoms with van der Waals surface area (Å²) in [6.45, 7) is 0. The smallest absolute Gasteiger partial charge is 0.339 e. The van der Waals surface area contributed by atoms with Crippen LogP contribution in [0.5, 0.6) is 5.75 Å². The molecule has 0 spiro atoms. The number of alkyl halides is 2. The predicted molar refractivity (Wildman–Crippen MR) is 87.0 cm³/mol. The molecule has 0 heterocycles. The minimum atomic E-state index is -3.96. The summed E-state index contributed by atoms with van der Waals surface area (Å²) in [5.41, 5.74) is 3.46. The third-order valence-corrected chi connectivity index (χ3v) is 5.65. The second kappa shape index (κ2) is 5.86. The highest BCUT2D eigenvalue weighted by Crippen LogP contribution is 2.43. The van der Waals surface area contributed by atoms with Crippen molar-refractivity contribution in [3.8, 4) is 11.8 Å². The second-order valence-corrected chi connectivity index (χ2v) is 8.32. The van der Waals surface area contributed by atoms with E-state index in [0.29, 0.717) is 42.5 Å². The van der Waals surface area contributed by atoms with Crippen molar-refractivity contribution in [1.29, 1.82) is 5.26 Å². The van der Waals surface area contributed by atoms with E-state index in [-0.39, 0.29) is 10.6 Å². The number of sulfone groups is 1. The third-order valence-electron chi connectivity index (χ3n) is 4.47. The van der Waals surface area contributed by atoms with Crippen LogP contribution in [0.25, 0.3) is 0 Å². The zero-order valence-corrected chi connectivity index (χ0v) is 14.5. The molecule has 138 valence electrons. The highest BCUT2D eigenvalue weighted by Gasteiger charge is 2.57. The Morgan fingerprint density at radius 2 is 1.92 bits per heavy atom. The number of fused-ring (bicyclic) bond motifs is 1. The normalized spacial score (nSPS) is 24.3. The van der Waals surface area contributed by atoms with Gasteiger partial charge < -0.3 is 10.5 Å². The Kier molecular flexibility index (Phi) is 4.16. The van der Waals surface area contributed by atoms with Crippen LogP contribution in [-0.2, 0) is 22.7 Å². The summed E-state index contributed by atoms with van der Waals surface area (Å²) < 4.78 is 71.8. The van der Waals surface area contributed by atoms with Crippen LogP contribution in [0.2, 0.25) is 0 Å². The van der Waals surface area contributed by atoms with Crippen LogP contribution in [0, 0.1) is 11.3 Å². The monoisotopic (exact) mass is 384 g/mol. The number of ether oxygens (including phenoxy) is 1. The Bertz CT molecular complexity index is 993. The maximum absolute atomic E-state index is 14.5. The van der Waals surface area contributed by atoms with Gasteiger partial charge in [-0.1, -0.05) is 0 Å². The molecule has 1 aromatic rings. The number of allylic oxidation sites excluding steroid dienone is 2. The average Bonchev–Trinajstić information content (AvgIpc) is 3.01. The van der Waals surface area contributed by atoms with Gasteiger partial charge in [-0.05, 0) is 48.6 Å². The standard InChI is InChI=1S/C17H15F3N2O3S/c1-26(23,24)14-6-5-13(11-3-2-4-12(11)14)25-15-7-10(18)8-16(22,9-21)17(15,19)20/h5-8H,2-4,22H2,1H3. The Hall–Kier alpha value is -2.31. The summed E-state index contributed by atoms with van der Waals surface area (Å²) in [6, 6.07) is 3.75. The van der Waals surface area contributed by atoms with E-state index in [1.165, 1.54) is 18.2 Å². The van der Waals surface area contributed by atoms with Crippen molar-refractivity contribution >= 4 is 9.84 Å². The van der Waals surface area contributed by atoms with Gasteiger partial charge in [-0.2, -0.15) is 14.0 Å². The van der Waals surface area contributed by atoms with Gasteiger partial charge in [0.05, 0.1) is 11.0 Å². The molecule has 1 aromatic carbocycles. The Labute approximate surface area is 148 Å². The van der Waals surface area contributed by atoms with Gasteiger partial charge in [0, 0.05) is 12.3 Å². The van der Waals surface area contributed by atoms with Crippen molar-refractivity contribution in [2.45, 2.75) is 35.6 Å².